The van der Waals surface area contributed by atoms with Gasteiger partial charge in [-0.15, -0.1) is 11.3 Å². The number of carbonyl (C=O) groups excluding carboxylic acids is 3. The van der Waals surface area contributed by atoms with E-state index in [1.807, 2.05) is 0 Å². The maximum Gasteiger partial charge on any atom is 0.415 e. The lowest BCUT2D eigenvalue weighted by Gasteiger charge is -2.34. The summed E-state index contributed by atoms with van der Waals surface area (Å²) in [4.78, 5) is 42.0. The van der Waals surface area contributed by atoms with E-state index >= 15 is 0 Å². The Hall–Kier alpha value is -2.13. The number of carbonyl (C=O) groups is 3. The molecule has 0 N–H and O–H groups in total. The van der Waals surface area contributed by atoms with Crippen LogP contribution >= 0.6 is 11.3 Å². The monoisotopic (exact) mass is 452 g/mol. The maximum atomic E-state index is 13.1. The summed E-state index contributed by atoms with van der Waals surface area (Å²) in [6, 6.07) is 1.64. The van der Waals surface area contributed by atoms with E-state index in [1.165, 1.54) is 23.3 Å². The zero-order valence-electron chi connectivity index (χ0n) is 18.9. The summed E-state index contributed by atoms with van der Waals surface area (Å²) < 4.78 is 16.0. The molecule has 31 heavy (non-hydrogen) atoms. The molecule has 0 unspecified atom stereocenters. The van der Waals surface area contributed by atoms with Crippen LogP contribution in [0.4, 0.5) is 15.5 Å². The van der Waals surface area contributed by atoms with Gasteiger partial charge in [0.1, 0.15) is 15.5 Å². The molecule has 2 heterocycles. The largest absolute Gasteiger partial charge is 0.465 e. The first kappa shape index (κ1) is 23.5. The lowest BCUT2D eigenvalue weighted by Crippen LogP contribution is -2.42. The number of hydrogen-bond acceptors (Lipinski definition) is 8. The summed E-state index contributed by atoms with van der Waals surface area (Å²) in [6.07, 6.45) is 3.00. The highest BCUT2D eigenvalue weighted by Crippen LogP contribution is 2.41. The molecule has 0 bridgehead atoms. The highest BCUT2D eigenvalue weighted by Gasteiger charge is 2.36. The van der Waals surface area contributed by atoms with Gasteiger partial charge in [0, 0.05) is 26.1 Å². The van der Waals surface area contributed by atoms with E-state index in [0.717, 1.165) is 43.8 Å². The maximum absolute atomic E-state index is 13.1. The van der Waals surface area contributed by atoms with E-state index in [4.69, 9.17) is 14.2 Å². The summed E-state index contributed by atoms with van der Waals surface area (Å²) in [6.45, 7) is 6.75. The van der Waals surface area contributed by atoms with Crippen LogP contribution in [0.25, 0.3) is 0 Å². The number of methoxy groups -OCH3 is 2. The van der Waals surface area contributed by atoms with Gasteiger partial charge in [0.2, 0.25) is 0 Å². The number of esters is 1. The molecule has 0 radical (unpaired) electrons. The normalized spacial score (nSPS) is 17.4. The Morgan fingerprint density at radius 1 is 1.13 bits per heavy atom. The van der Waals surface area contributed by atoms with Gasteiger partial charge in [0.05, 0.1) is 25.4 Å². The number of Topliss-reactive ketones (excluding diaryl/α,β-unsaturated/α-hetero) is 1. The fraction of sp³-hybridized carbons (Fsp3) is 0.682. The topological polar surface area (TPSA) is 85.4 Å². The average Bonchev–Trinajstić information content (AvgIpc) is 3.49. The predicted octanol–water partition coefficient (Wildman–Crippen LogP) is 3.87. The zero-order valence-corrected chi connectivity index (χ0v) is 19.8. The lowest BCUT2D eigenvalue weighted by molar-refractivity contribution is -0.119. The van der Waals surface area contributed by atoms with Crippen molar-refractivity contribution in [3.05, 3.63) is 10.9 Å². The van der Waals surface area contributed by atoms with Crippen molar-refractivity contribution in [2.75, 3.05) is 43.7 Å². The molecule has 9 heteroatoms. The van der Waals surface area contributed by atoms with Gasteiger partial charge in [-0.1, -0.05) is 0 Å². The van der Waals surface area contributed by atoms with Gasteiger partial charge >= 0.3 is 12.1 Å². The number of thiophene rings is 1. The molecule has 172 valence electrons. The SMILES string of the molecule is COC(=O)c1cc(N(CC(=O)C2CC2)C(=O)OC(C)(C)C)c(N2CCC(OC)CC2)s1. The van der Waals surface area contributed by atoms with Crippen molar-refractivity contribution >= 4 is 39.9 Å². The van der Waals surface area contributed by atoms with Gasteiger partial charge in [-0.2, -0.15) is 0 Å². The third-order valence-corrected chi connectivity index (χ3v) is 6.56. The molecule has 1 saturated heterocycles. The summed E-state index contributed by atoms with van der Waals surface area (Å²) in [5, 5.41) is 0.768. The molecule has 0 spiro atoms. The number of piperidine rings is 1. The molecule has 1 saturated carbocycles. The molecule has 1 amide bonds. The van der Waals surface area contributed by atoms with Crippen LogP contribution < -0.4 is 9.80 Å². The highest BCUT2D eigenvalue weighted by molar-refractivity contribution is 7.18. The second-order valence-corrected chi connectivity index (χ2v) is 10.1. The third-order valence-electron chi connectivity index (χ3n) is 5.39. The Balaban J connectivity index is 1.96. The van der Waals surface area contributed by atoms with Gasteiger partial charge in [-0.05, 0) is 52.5 Å². The Labute approximate surface area is 187 Å². The number of rotatable bonds is 7. The van der Waals surface area contributed by atoms with Gasteiger partial charge in [-0.25, -0.2) is 9.59 Å². The number of anilines is 2. The van der Waals surface area contributed by atoms with Gasteiger partial charge < -0.3 is 19.1 Å². The molecule has 1 aliphatic carbocycles. The van der Waals surface area contributed by atoms with Crippen molar-refractivity contribution in [2.45, 2.75) is 58.2 Å². The van der Waals surface area contributed by atoms with E-state index in [2.05, 4.69) is 4.90 Å². The summed E-state index contributed by atoms with van der Waals surface area (Å²) in [5.41, 5.74) is -0.194. The molecule has 0 aromatic carbocycles. The van der Waals surface area contributed by atoms with E-state index in [9.17, 15) is 14.4 Å². The molecular formula is C22H32N2O6S. The van der Waals surface area contributed by atoms with E-state index < -0.39 is 17.7 Å². The fourth-order valence-electron chi connectivity index (χ4n) is 3.54. The van der Waals surface area contributed by atoms with E-state index in [-0.39, 0.29) is 24.3 Å². The Kier molecular flexibility index (Phi) is 7.26. The number of ketones is 1. The lowest BCUT2D eigenvalue weighted by atomic mass is 10.1. The summed E-state index contributed by atoms with van der Waals surface area (Å²) in [7, 11) is 3.04. The fourth-order valence-corrected chi connectivity index (χ4v) is 4.67. The van der Waals surface area contributed by atoms with Crippen LogP contribution in [0.1, 0.15) is 56.1 Å². The molecule has 3 rings (SSSR count). The zero-order chi connectivity index (χ0) is 22.8. The standard InChI is InChI=1S/C22H32N2O6S/c1-22(2,3)30-21(27)24(13-17(25)14-6-7-14)16-12-18(20(26)29-5)31-19(16)23-10-8-15(28-4)9-11-23/h12,14-15H,6-11,13H2,1-5H3. The van der Waals surface area contributed by atoms with E-state index in [1.54, 1.807) is 33.9 Å². The number of ether oxygens (including phenoxy) is 3. The van der Waals surface area contributed by atoms with Gasteiger partial charge in [-0.3, -0.25) is 9.69 Å². The molecule has 8 nitrogen and oxygen atoms in total. The second kappa shape index (κ2) is 9.56. The molecule has 1 aromatic rings. The van der Waals surface area contributed by atoms with Crippen LogP contribution in [-0.2, 0) is 19.0 Å². The number of hydrogen-bond donors (Lipinski definition) is 0. The van der Waals surface area contributed by atoms with Crippen molar-refractivity contribution in [2.24, 2.45) is 5.92 Å². The molecule has 2 fully saturated rings. The van der Waals surface area contributed by atoms with Crippen molar-refractivity contribution in [3.8, 4) is 0 Å². The highest BCUT2D eigenvalue weighted by atomic mass is 32.1. The van der Waals surface area contributed by atoms with Crippen molar-refractivity contribution in [1.29, 1.82) is 0 Å². The summed E-state index contributed by atoms with van der Waals surface area (Å²) >= 11 is 1.27. The first-order valence-electron chi connectivity index (χ1n) is 10.7. The Bertz CT molecular complexity index is 818. The van der Waals surface area contributed by atoms with Crippen LogP contribution in [-0.4, -0.2) is 63.4 Å². The van der Waals surface area contributed by atoms with Gasteiger partial charge in [0.15, 0.2) is 5.78 Å². The number of nitrogens with zero attached hydrogens (tertiary/aromatic N) is 2. The average molecular weight is 453 g/mol. The Morgan fingerprint density at radius 2 is 1.77 bits per heavy atom. The third kappa shape index (κ3) is 5.98. The van der Waals surface area contributed by atoms with Gasteiger partial charge in [0.25, 0.3) is 0 Å². The first-order valence-corrected chi connectivity index (χ1v) is 11.5. The van der Waals surface area contributed by atoms with Crippen LogP contribution in [0.15, 0.2) is 6.07 Å². The second-order valence-electron chi connectivity index (χ2n) is 9.02. The molecule has 2 aliphatic rings. The van der Waals surface area contributed by atoms with Crippen LogP contribution in [0, 0.1) is 5.92 Å². The quantitative estimate of drug-likeness (QED) is 0.581. The van der Waals surface area contributed by atoms with Crippen LogP contribution in [0.5, 0.6) is 0 Å². The van der Waals surface area contributed by atoms with E-state index in [0.29, 0.717) is 10.6 Å². The van der Waals surface area contributed by atoms with Crippen molar-refractivity contribution in [1.82, 2.24) is 0 Å². The van der Waals surface area contributed by atoms with Crippen molar-refractivity contribution in [3.63, 3.8) is 0 Å². The smallest absolute Gasteiger partial charge is 0.415 e. The predicted molar refractivity (Wildman–Crippen MR) is 119 cm³/mol. The van der Waals surface area contributed by atoms with Crippen LogP contribution in [0.2, 0.25) is 0 Å². The minimum Gasteiger partial charge on any atom is -0.465 e. The minimum atomic E-state index is -0.712. The Morgan fingerprint density at radius 3 is 2.29 bits per heavy atom. The molecular weight excluding hydrogens is 420 g/mol. The summed E-state index contributed by atoms with van der Waals surface area (Å²) in [5.74, 6) is -0.452. The number of amides is 1. The van der Waals surface area contributed by atoms with Crippen LogP contribution in [0.3, 0.4) is 0 Å². The minimum absolute atomic E-state index is 0.00421. The molecule has 1 aromatic heterocycles. The molecule has 0 atom stereocenters. The first-order chi connectivity index (χ1) is 14.6. The molecule has 1 aliphatic heterocycles. The van der Waals surface area contributed by atoms with Crippen molar-refractivity contribution < 1.29 is 28.6 Å².